The summed E-state index contributed by atoms with van der Waals surface area (Å²) in [6, 6.07) is -0.0191. The zero-order valence-electron chi connectivity index (χ0n) is 11.5. The van der Waals surface area contributed by atoms with Gasteiger partial charge in [0.25, 0.3) is 10.2 Å². The molecule has 1 heterocycles. The minimum Gasteiger partial charge on any atom is -0.198 e. The van der Waals surface area contributed by atoms with Gasteiger partial charge in [0.1, 0.15) is 0 Å². The van der Waals surface area contributed by atoms with E-state index in [1.165, 1.54) is 0 Å². The van der Waals surface area contributed by atoms with Crippen LogP contribution in [-0.2, 0) is 10.2 Å². The Hall–Kier alpha value is 0.350. The third-order valence-electron chi connectivity index (χ3n) is 3.34. The van der Waals surface area contributed by atoms with Crippen LogP contribution in [-0.4, -0.2) is 37.2 Å². The normalized spacial score (nSPS) is 21.4. The summed E-state index contributed by atoms with van der Waals surface area (Å²) in [6.45, 7) is 7.68. The van der Waals surface area contributed by atoms with Gasteiger partial charge in [-0.2, -0.15) is 17.4 Å². The second kappa shape index (κ2) is 7.22. The molecule has 0 amide bonds. The van der Waals surface area contributed by atoms with E-state index in [4.69, 9.17) is 0 Å². The van der Waals surface area contributed by atoms with E-state index in [0.717, 1.165) is 19.3 Å². The summed E-state index contributed by atoms with van der Waals surface area (Å²) in [6.07, 6.45) is 2.78. The quantitative estimate of drug-likeness (QED) is 0.754. The number of rotatable bonds is 6. The van der Waals surface area contributed by atoms with Crippen molar-refractivity contribution in [2.45, 2.75) is 46.1 Å². The second-order valence-electron chi connectivity index (χ2n) is 5.69. The maximum atomic E-state index is 12.2. The third kappa shape index (κ3) is 5.15. The molecule has 0 radical (unpaired) electrons. The molecule has 1 N–H and O–H groups in total. The summed E-state index contributed by atoms with van der Waals surface area (Å²) in [7, 11) is -3.31. The molecule has 0 saturated carbocycles. The van der Waals surface area contributed by atoms with Crippen LogP contribution in [0.25, 0.3) is 0 Å². The molecule has 1 rings (SSSR count). The summed E-state index contributed by atoms with van der Waals surface area (Å²) in [5, 5.41) is 0.661. The van der Waals surface area contributed by atoms with Crippen molar-refractivity contribution in [2.24, 2.45) is 11.8 Å². The van der Waals surface area contributed by atoms with Gasteiger partial charge in [-0.3, -0.25) is 0 Å². The average molecular weight is 341 g/mol. The molecule has 0 aromatic rings. The van der Waals surface area contributed by atoms with Crippen LogP contribution in [0.3, 0.4) is 0 Å². The molecule has 0 bridgehead atoms. The Morgan fingerprint density at radius 2 is 1.89 bits per heavy atom. The lowest BCUT2D eigenvalue weighted by molar-refractivity contribution is 0.283. The fourth-order valence-corrected chi connectivity index (χ4v) is 4.30. The summed E-state index contributed by atoms with van der Waals surface area (Å²) in [5.74, 6) is 1.12. The highest BCUT2D eigenvalue weighted by atomic mass is 79.9. The van der Waals surface area contributed by atoms with Gasteiger partial charge in [-0.25, -0.2) is 0 Å². The molecule has 1 unspecified atom stereocenters. The van der Waals surface area contributed by atoms with Crippen LogP contribution in [0.15, 0.2) is 0 Å². The molecule has 0 aromatic carbocycles. The standard InChI is InChI=1S/C12H25BrN2O2S/c1-10(2)8-12(9-13)14-18(16,17)15-6-4-11(3)5-7-15/h10-12,14H,4-9H2,1-3H3. The van der Waals surface area contributed by atoms with E-state index in [0.29, 0.717) is 30.3 Å². The maximum Gasteiger partial charge on any atom is 0.279 e. The summed E-state index contributed by atoms with van der Waals surface area (Å²) in [4.78, 5) is 0. The zero-order valence-corrected chi connectivity index (χ0v) is 13.9. The zero-order chi connectivity index (χ0) is 13.8. The van der Waals surface area contributed by atoms with Crippen LogP contribution in [0.2, 0.25) is 0 Å². The lowest BCUT2D eigenvalue weighted by Crippen LogP contribution is -2.48. The fourth-order valence-electron chi connectivity index (χ4n) is 2.22. The van der Waals surface area contributed by atoms with E-state index < -0.39 is 10.2 Å². The minimum absolute atomic E-state index is 0.0191. The van der Waals surface area contributed by atoms with Crippen LogP contribution in [0, 0.1) is 11.8 Å². The molecule has 6 heteroatoms. The van der Waals surface area contributed by atoms with Crippen molar-refractivity contribution < 1.29 is 8.42 Å². The van der Waals surface area contributed by atoms with Crippen molar-refractivity contribution in [3.05, 3.63) is 0 Å². The number of halogens is 1. The molecule has 1 atom stereocenters. The predicted octanol–water partition coefficient (Wildman–Crippen LogP) is 2.36. The largest absolute Gasteiger partial charge is 0.279 e. The smallest absolute Gasteiger partial charge is 0.198 e. The summed E-state index contributed by atoms with van der Waals surface area (Å²) < 4.78 is 28.9. The van der Waals surface area contributed by atoms with Gasteiger partial charge in [-0.15, -0.1) is 0 Å². The van der Waals surface area contributed by atoms with Crippen molar-refractivity contribution in [3.63, 3.8) is 0 Å². The first-order chi connectivity index (χ1) is 8.35. The molecule has 0 spiro atoms. The van der Waals surface area contributed by atoms with E-state index in [1.807, 2.05) is 0 Å². The Morgan fingerprint density at radius 3 is 2.33 bits per heavy atom. The number of alkyl halides is 1. The highest BCUT2D eigenvalue weighted by Gasteiger charge is 2.28. The van der Waals surface area contributed by atoms with Crippen LogP contribution < -0.4 is 4.72 Å². The monoisotopic (exact) mass is 340 g/mol. The van der Waals surface area contributed by atoms with Crippen molar-refractivity contribution in [3.8, 4) is 0 Å². The van der Waals surface area contributed by atoms with Gasteiger partial charge >= 0.3 is 0 Å². The molecular formula is C12H25BrN2O2S. The number of nitrogens with zero attached hydrogens (tertiary/aromatic N) is 1. The van der Waals surface area contributed by atoms with Crippen LogP contribution in [0.5, 0.6) is 0 Å². The molecule has 1 aliphatic rings. The molecule has 0 aliphatic carbocycles. The highest BCUT2D eigenvalue weighted by Crippen LogP contribution is 2.19. The van der Waals surface area contributed by atoms with Gasteiger partial charge in [0.15, 0.2) is 0 Å². The van der Waals surface area contributed by atoms with E-state index in [9.17, 15) is 8.42 Å². The van der Waals surface area contributed by atoms with Crippen LogP contribution in [0.4, 0.5) is 0 Å². The van der Waals surface area contributed by atoms with Gasteiger partial charge in [-0.05, 0) is 31.1 Å². The Bertz CT molecular complexity index is 338. The summed E-state index contributed by atoms with van der Waals surface area (Å²) in [5.41, 5.74) is 0. The highest BCUT2D eigenvalue weighted by molar-refractivity contribution is 9.09. The van der Waals surface area contributed by atoms with Crippen molar-refractivity contribution in [2.75, 3.05) is 18.4 Å². The first-order valence-electron chi connectivity index (χ1n) is 6.68. The van der Waals surface area contributed by atoms with Crippen molar-refractivity contribution >= 4 is 26.1 Å². The maximum absolute atomic E-state index is 12.2. The van der Waals surface area contributed by atoms with E-state index in [2.05, 4.69) is 41.4 Å². The Morgan fingerprint density at radius 1 is 1.33 bits per heavy atom. The molecule has 1 fully saturated rings. The van der Waals surface area contributed by atoms with E-state index in [-0.39, 0.29) is 6.04 Å². The first kappa shape index (κ1) is 16.4. The minimum atomic E-state index is -3.31. The number of piperidine rings is 1. The Balaban J connectivity index is 2.57. The van der Waals surface area contributed by atoms with Gasteiger partial charge in [0.2, 0.25) is 0 Å². The Kier molecular flexibility index (Phi) is 6.58. The van der Waals surface area contributed by atoms with Crippen LogP contribution >= 0.6 is 15.9 Å². The first-order valence-corrected chi connectivity index (χ1v) is 9.24. The van der Waals surface area contributed by atoms with Gasteiger partial charge in [0.05, 0.1) is 0 Å². The molecule has 0 aromatic heterocycles. The summed E-state index contributed by atoms with van der Waals surface area (Å²) >= 11 is 3.39. The van der Waals surface area contributed by atoms with Gasteiger partial charge < -0.3 is 0 Å². The predicted molar refractivity (Wildman–Crippen MR) is 79.1 cm³/mol. The number of hydrogen-bond acceptors (Lipinski definition) is 2. The average Bonchev–Trinajstić information content (AvgIpc) is 2.27. The van der Waals surface area contributed by atoms with E-state index >= 15 is 0 Å². The van der Waals surface area contributed by atoms with Crippen molar-refractivity contribution in [1.82, 2.24) is 9.03 Å². The molecule has 4 nitrogen and oxygen atoms in total. The fraction of sp³-hybridized carbons (Fsp3) is 1.00. The molecule has 1 aliphatic heterocycles. The third-order valence-corrected chi connectivity index (χ3v) is 5.80. The molecule has 18 heavy (non-hydrogen) atoms. The molecule has 108 valence electrons. The van der Waals surface area contributed by atoms with E-state index in [1.54, 1.807) is 4.31 Å². The molecule has 1 saturated heterocycles. The van der Waals surface area contributed by atoms with Gasteiger partial charge in [0, 0.05) is 24.5 Å². The van der Waals surface area contributed by atoms with Gasteiger partial charge in [-0.1, -0.05) is 36.7 Å². The lowest BCUT2D eigenvalue weighted by atomic mass is 10.0. The molecular weight excluding hydrogens is 316 g/mol. The second-order valence-corrected chi connectivity index (χ2v) is 8.03. The van der Waals surface area contributed by atoms with Crippen LogP contribution in [0.1, 0.15) is 40.0 Å². The SMILES string of the molecule is CC(C)CC(CBr)NS(=O)(=O)N1CCC(C)CC1. The number of nitrogens with one attached hydrogen (secondary N) is 1. The van der Waals surface area contributed by atoms with Crippen molar-refractivity contribution in [1.29, 1.82) is 0 Å². The topological polar surface area (TPSA) is 49.4 Å². The number of hydrogen-bond donors (Lipinski definition) is 1. The lowest BCUT2D eigenvalue weighted by Gasteiger charge is -2.31. The Labute approximate surface area is 120 Å².